The molecule has 1 amide bonds. The van der Waals surface area contributed by atoms with E-state index in [0.29, 0.717) is 19.4 Å². The molecule has 2 atom stereocenters. The summed E-state index contributed by atoms with van der Waals surface area (Å²) in [6, 6.07) is 0. The Labute approximate surface area is 115 Å². The first-order chi connectivity index (χ1) is 8.77. The SMILES string of the molecule is C=CCN(C(=O)C1CCCC(C(=O)O)C1)C(C)(C)C. The number of amides is 1. The molecule has 1 rings (SSSR count). The maximum atomic E-state index is 12.6. The van der Waals surface area contributed by atoms with Crippen LogP contribution in [0.15, 0.2) is 12.7 Å². The molecule has 0 heterocycles. The van der Waals surface area contributed by atoms with Gasteiger partial charge in [-0.3, -0.25) is 9.59 Å². The monoisotopic (exact) mass is 267 g/mol. The van der Waals surface area contributed by atoms with Crippen molar-refractivity contribution in [3.8, 4) is 0 Å². The third-order valence-corrected chi connectivity index (χ3v) is 3.76. The average Bonchev–Trinajstić information content (AvgIpc) is 2.34. The zero-order valence-corrected chi connectivity index (χ0v) is 12.2. The van der Waals surface area contributed by atoms with Gasteiger partial charge in [-0.1, -0.05) is 12.5 Å². The smallest absolute Gasteiger partial charge is 0.306 e. The molecule has 1 aliphatic carbocycles. The lowest BCUT2D eigenvalue weighted by atomic mass is 9.80. The summed E-state index contributed by atoms with van der Waals surface area (Å²) in [7, 11) is 0. The quantitative estimate of drug-likeness (QED) is 0.797. The molecule has 0 spiro atoms. The molecule has 0 aromatic carbocycles. The number of carbonyl (C=O) groups excluding carboxylic acids is 1. The lowest BCUT2D eigenvalue weighted by Gasteiger charge is -2.39. The van der Waals surface area contributed by atoms with Gasteiger partial charge in [-0.25, -0.2) is 0 Å². The highest BCUT2D eigenvalue weighted by atomic mass is 16.4. The second-order valence-electron chi connectivity index (χ2n) is 6.31. The topological polar surface area (TPSA) is 57.6 Å². The third kappa shape index (κ3) is 4.08. The fourth-order valence-electron chi connectivity index (χ4n) is 2.68. The number of rotatable bonds is 4. The summed E-state index contributed by atoms with van der Waals surface area (Å²) in [5.41, 5.74) is -0.262. The van der Waals surface area contributed by atoms with Crippen molar-refractivity contribution in [3.05, 3.63) is 12.7 Å². The molecule has 19 heavy (non-hydrogen) atoms. The number of aliphatic carboxylic acids is 1. The number of carboxylic acid groups (broad SMARTS) is 1. The van der Waals surface area contributed by atoms with Crippen LogP contribution in [0.1, 0.15) is 46.5 Å². The van der Waals surface area contributed by atoms with Gasteiger partial charge in [-0.15, -0.1) is 6.58 Å². The fraction of sp³-hybridized carbons (Fsp3) is 0.733. The summed E-state index contributed by atoms with van der Waals surface area (Å²) in [5, 5.41) is 9.10. The molecule has 1 saturated carbocycles. The molecule has 1 fully saturated rings. The zero-order chi connectivity index (χ0) is 14.6. The highest BCUT2D eigenvalue weighted by molar-refractivity contribution is 5.81. The van der Waals surface area contributed by atoms with Crippen molar-refractivity contribution >= 4 is 11.9 Å². The Morgan fingerprint density at radius 2 is 1.89 bits per heavy atom. The van der Waals surface area contributed by atoms with Crippen molar-refractivity contribution in [3.63, 3.8) is 0 Å². The minimum atomic E-state index is -0.775. The van der Waals surface area contributed by atoms with E-state index in [2.05, 4.69) is 6.58 Å². The molecule has 0 aromatic rings. The van der Waals surface area contributed by atoms with E-state index in [0.717, 1.165) is 12.8 Å². The summed E-state index contributed by atoms with van der Waals surface area (Å²) >= 11 is 0. The molecule has 1 aliphatic rings. The van der Waals surface area contributed by atoms with Gasteiger partial charge >= 0.3 is 5.97 Å². The molecule has 108 valence electrons. The van der Waals surface area contributed by atoms with Crippen LogP contribution in [0.4, 0.5) is 0 Å². The van der Waals surface area contributed by atoms with Crippen LogP contribution in [0.25, 0.3) is 0 Å². The van der Waals surface area contributed by atoms with Crippen LogP contribution in [0, 0.1) is 11.8 Å². The van der Waals surface area contributed by atoms with Gasteiger partial charge in [0.25, 0.3) is 0 Å². The first kappa shape index (κ1) is 15.7. The van der Waals surface area contributed by atoms with Crippen LogP contribution in [0.3, 0.4) is 0 Å². The molecule has 0 bridgehead atoms. The second kappa shape index (κ2) is 6.22. The van der Waals surface area contributed by atoms with Crippen molar-refractivity contribution in [1.29, 1.82) is 0 Å². The van der Waals surface area contributed by atoms with E-state index in [1.54, 1.807) is 11.0 Å². The van der Waals surface area contributed by atoms with Crippen LogP contribution in [-0.4, -0.2) is 34.0 Å². The highest BCUT2D eigenvalue weighted by Gasteiger charge is 2.36. The molecular weight excluding hydrogens is 242 g/mol. The minimum Gasteiger partial charge on any atom is -0.481 e. The van der Waals surface area contributed by atoms with Crippen LogP contribution in [-0.2, 0) is 9.59 Å². The Bertz CT molecular complexity index is 357. The van der Waals surface area contributed by atoms with E-state index in [1.165, 1.54) is 0 Å². The number of carboxylic acids is 1. The van der Waals surface area contributed by atoms with E-state index < -0.39 is 5.97 Å². The Balaban J connectivity index is 2.79. The van der Waals surface area contributed by atoms with Crippen molar-refractivity contribution in [2.75, 3.05) is 6.54 Å². The van der Waals surface area contributed by atoms with E-state index >= 15 is 0 Å². The fourth-order valence-corrected chi connectivity index (χ4v) is 2.68. The summed E-state index contributed by atoms with van der Waals surface area (Å²) in [5.74, 6) is -1.23. The summed E-state index contributed by atoms with van der Waals surface area (Å²) in [6.45, 7) is 10.2. The zero-order valence-electron chi connectivity index (χ0n) is 12.2. The minimum absolute atomic E-state index is 0.0679. The Morgan fingerprint density at radius 3 is 2.37 bits per heavy atom. The van der Waals surface area contributed by atoms with Crippen molar-refractivity contribution in [2.45, 2.75) is 52.0 Å². The van der Waals surface area contributed by atoms with Gasteiger partial charge in [0.2, 0.25) is 5.91 Å². The highest BCUT2D eigenvalue weighted by Crippen LogP contribution is 2.32. The van der Waals surface area contributed by atoms with Crippen LogP contribution < -0.4 is 0 Å². The largest absolute Gasteiger partial charge is 0.481 e. The van der Waals surface area contributed by atoms with Gasteiger partial charge in [0.1, 0.15) is 0 Å². The van der Waals surface area contributed by atoms with Crippen molar-refractivity contribution in [1.82, 2.24) is 4.90 Å². The predicted octanol–water partition coefficient (Wildman–Crippen LogP) is 2.69. The summed E-state index contributed by atoms with van der Waals surface area (Å²) < 4.78 is 0. The van der Waals surface area contributed by atoms with Crippen LogP contribution in [0.5, 0.6) is 0 Å². The van der Waals surface area contributed by atoms with Crippen LogP contribution in [0.2, 0.25) is 0 Å². The summed E-state index contributed by atoms with van der Waals surface area (Å²) in [6.07, 6.45) is 4.50. The lowest BCUT2D eigenvalue weighted by molar-refractivity contribution is -0.146. The number of carbonyl (C=O) groups is 2. The summed E-state index contributed by atoms with van der Waals surface area (Å²) in [4.78, 5) is 25.5. The van der Waals surface area contributed by atoms with E-state index in [-0.39, 0.29) is 23.3 Å². The first-order valence-corrected chi connectivity index (χ1v) is 6.92. The number of hydrogen-bond acceptors (Lipinski definition) is 2. The van der Waals surface area contributed by atoms with Crippen molar-refractivity contribution < 1.29 is 14.7 Å². The van der Waals surface area contributed by atoms with Crippen molar-refractivity contribution in [2.24, 2.45) is 11.8 Å². The van der Waals surface area contributed by atoms with E-state index in [4.69, 9.17) is 5.11 Å². The van der Waals surface area contributed by atoms with Gasteiger partial charge < -0.3 is 10.0 Å². The first-order valence-electron chi connectivity index (χ1n) is 6.92. The molecule has 4 nitrogen and oxygen atoms in total. The van der Waals surface area contributed by atoms with E-state index in [9.17, 15) is 9.59 Å². The van der Waals surface area contributed by atoms with Crippen LogP contribution >= 0.6 is 0 Å². The van der Waals surface area contributed by atoms with Gasteiger partial charge in [0.15, 0.2) is 0 Å². The third-order valence-electron chi connectivity index (χ3n) is 3.76. The van der Waals surface area contributed by atoms with Gasteiger partial charge in [0, 0.05) is 18.0 Å². The maximum absolute atomic E-state index is 12.6. The second-order valence-corrected chi connectivity index (χ2v) is 6.31. The van der Waals surface area contributed by atoms with Gasteiger partial charge in [0.05, 0.1) is 5.92 Å². The van der Waals surface area contributed by atoms with E-state index in [1.807, 2.05) is 20.8 Å². The molecule has 0 radical (unpaired) electrons. The molecular formula is C15H25NO3. The normalized spacial score (nSPS) is 23.7. The molecule has 0 saturated heterocycles. The molecule has 0 aromatic heterocycles. The molecule has 1 N–H and O–H groups in total. The Morgan fingerprint density at radius 1 is 1.32 bits per heavy atom. The maximum Gasteiger partial charge on any atom is 0.306 e. The Hall–Kier alpha value is -1.32. The lowest BCUT2D eigenvalue weighted by Crippen LogP contribution is -2.49. The molecule has 4 heteroatoms. The Kier molecular flexibility index (Phi) is 5.15. The standard InChI is InChI=1S/C15H25NO3/c1-5-9-16(15(2,3)4)13(17)11-7-6-8-12(10-11)14(18)19/h5,11-12H,1,6-10H2,2-4H3,(H,18,19). The van der Waals surface area contributed by atoms with Gasteiger partial charge in [-0.05, 0) is 40.0 Å². The predicted molar refractivity (Wildman–Crippen MR) is 74.7 cm³/mol. The molecule has 2 unspecified atom stereocenters. The van der Waals surface area contributed by atoms with Gasteiger partial charge in [-0.2, -0.15) is 0 Å². The average molecular weight is 267 g/mol. The number of nitrogens with zero attached hydrogens (tertiary/aromatic N) is 1. The molecule has 0 aliphatic heterocycles. The number of hydrogen-bond donors (Lipinski definition) is 1.